The predicted molar refractivity (Wildman–Crippen MR) is 101 cm³/mol. The van der Waals surface area contributed by atoms with E-state index in [1.165, 1.54) is 38.2 Å². The molecule has 0 amide bonds. The Morgan fingerprint density at radius 1 is 1.16 bits per heavy atom. The van der Waals surface area contributed by atoms with Gasteiger partial charge in [-0.1, -0.05) is 19.9 Å². The zero-order chi connectivity index (χ0) is 17.6. The smallest absolute Gasteiger partial charge is 0.161 e. The van der Waals surface area contributed by atoms with E-state index in [1.54, 1.807) is 7.11 Å². The van der Waals surface area contributed by atoms with Gasteiger partial charge in [-0.3, -0.25) is 9.80 Å². The number of nitrogens with one attached hydrogen (secondary N) is 1. The molecule has 0 bridgehead atoms. The minimum Gasteiger partial charge on any atom is -0.493 e. The largest absolute Gasteiger partial charge is 0.493 e. The molecule has 0 aliphatic carbocycles. The standard InChI is InChI=1S/C20H33N3O2/c1-16(2)15-25-20-12-17(4-5-19(20)24-3)13-22-9-6-18(14-22)23-10-7-21-8-11-23/h4-5,12,16,18,21H,6-11,13-15H2,1-3H3. The monoisotopic (exact) mass is 347 g/mol. The van der Waals surface area contributed by atoms with Crippen molar-refractivity contribution in [1.82, 2.24) is 15.1 Å². The van der Waals surface area contributed by atoms with Gasteiger partial charge in [-0.25, -0.2) is 0 Å². The first-order valence-electron chi connectivity index (χ1n) is 9.62. The number of nitrogens with zero attached hydrogens (tertiary/aromatic N) is 2. The zero-order valence-electron chi connectivity index (χ0n) is 16.0. The second-order valence-electron chi connectivity index (χ2n) is 7.65. The van der Waals surface area contributed by atoms with Crippen LogP contribution in [0.2, 0.25) is 0 Å². The first kappa shape index (κ1) is 18.5. The van der Waals surface area contributed by atoms with Gasteiger partial charge in [-0.15, -0.1) is 0 Å². The Kier molecular flexibility index (Phi) is 6.57. The minimum absolute atomic E-state index is 0.506. The number of hydrogen-bond acceptors (Lipinski definition) is 5. The van der Waals surface area contributed by atoms with Gasteiger partial charge in [0.2, 0.25) is 0 Å². The molecule has 1 aromatic rings. The van der Waals surface area contributed by atoms with E-state index in [2.05, 4.69) is 41.1 Å². The summed E-state index contributed by atoms with van der Waals surface area (Å²) in [7, 11) is 1.70. The number of benzene rings is 1. The van der Waals surface area contributed by atoms with Gasteiger partial charge in [0.1, 0.15) is 0 Å². The van der Waals surface area contributed by atoms with Crippen molar-refractivity contribution >= 4 is 0 Å². The molecule has 5 nitrogen and oxygen atoms in total. The second-order valence-corrected chi connectivity index (χ2v) is 7.65. The van der Waals surface area contributed by atoms with Crippen LogP contribution in [0.1, 0.15) is 25.8 Å². The van der Waals surface area contributed by atoms with Crippen LogP contribution in [0.3, 0.4) is 0 Å². The van der Waals surface area contributed by atoms with Crippen molar-refractivity contribution in [1.29, 1.82) is 0 Å². The number of likely N-dealkylation sites (tertiary alicyclic amines) is 1. The van der Waals surface area contributed by atoms with Crippen LogP contribution in [0.4, 0.5) is 0 Å². The van der Waals surface area contributed by atoms with Crippen LogP contribution in [-0.4, -0.2) is 68.8 Å². The van der Waals surface area contributed by atoms with Gasteiger partial charge in [0.05, 0.1) is 13.7 Å². The van der Waals surface area contributed by atoms with E-state index in [0.717, 1.165) is 37.2 Å². The Morgan fingerprint density at radius 2 is 1.96 bits per heavy atom. The van der Waals surface area contributed by atoms with Crippen molar-refractivity contribution in [2.45, 2.75) is 32.9 Å². The average Bonchev–Trinajstić information content (AvgIpc) is 3.09. The van der Waals surface area contributed by atoms with Gasteiger partial charge in [0.15, 0.2) is 11.5 Å². The Hall–Kier alpha value is -1.30. The zero-order valence-corrected chi connectivity index (χ0v) is 16.0. The third-order valence-electron chi connectivity index (χ3n) is 5.12. The molecule has 2 fully saturated rings. The first-order chi connectivity index (χ1) is 12.2. The van der Waals surface area contributed by atoms with Crippen LogP contribution >= 0.6 is 0 Å². The number of methoxy groups -OCH3 is 1. The fourth-order valence-electron chi connectivity index (χ4n) is 3.75. The van der Waals surface area contributed by atoms with Crippen molar-refractivity contribution in [2.75, 3.05) is 53.0 Å². The van der Waals surface area contributed by atoms with Crippen molar-refractivity contribution in [3.63, 3.8) is 0 Å². The minimum atomic E-state index is 0.506. The van der Waals surface area contributed by atoms with Gasteiger partial charge in [-0.2, -0.15) is 0 Å². The van der Waals surface area contributed by atoms with Crippen LogP contribution in [-0.2, 0) is 6.54 Å². The average molecular weight is 348 g/mol. The summed E-state index contributed by atoms with van der Waals surface area (Å²) in [6.45, 7) is 13.0. The maximum atomic E-state index is 5.95. The van der Waals surface area contributed by atoms with Crippen LogP contribution in [0.25, 0.3) is 0 Å². The predicted octanol–water partition coefficient (Wildman–Crippen LogP) is 2.21. The highest BCUT2D eigenvalue weighted by atomic mass is 16.5. The molecule has 140 valence electrons. The molecule has 1 unspecified atom stereocenters. The van der Waals surface area contributed by atoms with E-state index >= 15 is 0 Å². The van der Waals surface area contributed by atoms with Gasteiger partial charge in [0, 0.05) is 51.9 Å². The van der Waals surface area contributed by atoms with Gasteiger partial charge < -0.3 is 14.8 Å². The van der Waals surface area contributed by atoms with Crippen molar-refractivity contribution in [3.05, 3.63) is 23.8 Å². The molecule has 2 saturated heterocycles. The lowest BCUT2D eigenvalue weighted by atomic mass is 10.2. The van der Waals surface area contributed by atoms with Crippen LogP contribution in [0, 0.1) is 5.92 Å². The van der Waals surface area contributed by atoms with Crippen molar-refractivity contribution in [3.8, 4) is 11.5 Å². The quantitative estimate of drug-likeness (QED) is 0.818. The SMILES string of the molecule is COc1ccc(CN2CCC(N3CCNCC3)C2)cc1OCC(C)C. The summed E-state index contributed by atoms with van der Waals surface area (Å²) >= 11 is 0. The summed E-state index contributed by atoms with van der Waals surface area (Å²) < 4.78 is 11.4. The molecule has 2 aliphatic rings. The summed E-state index contributed by atoms with van der Waals surface area (Å²) in [6, 6.07) is 7.07. The summed E-state index contributed by atoms with van der Waals surface area (Å²) in [5.74, 6) is 2.20. The highest BCUT2D eigenvalue weighted by molar-refractivity contribution is 5.43. The topological polar surface area (TPSA) is 37.0 Å². The van der Waals surface area contributed by atoms with Gasteiger partial charge in [-0.05, 0) is 30.0 Å². The van der Waals surface area contributed by atoms with E-state index < -0.39 is 0 Å². The third kappa shape index (κ3) is 5.09. The lowest BCUT2D eigenvalue weighted by Crippen LogP contribution is -2.49. The highest BCUT2D eigenvalue weighted by Crippen LogP contribution is 2.29. The molecule has 5 heteroatoms. The van der Waals surface area contributed by atoms with Crippen molar-refractivity contribution in [2.24, 2.45) is 5.92 Å². The molecule has 2 heterocycles. The number of hydrogen-bond donors (Lipinski definition) is 1. The van der Waals surface area contributed by atoms with Crippen LogP contribution in [0.5, 0.6) is 11.5 Å². The molecule has 0 radical (unpaired) electrons. The summed E-state index contributed by atoms with van der Waals surface area (Å²) in [6.07, 6.45) is 1.28. The molecule has 25 heavy (non-hydrogen) atoms. The molecular formula is C20H33N3O2. The molecule has 2 aliphatic heterocycles. The third-order valence-corrected chi connectivity index (χ3v) is 5.12. The number of rotatable bonds is 7. The summed E-state index contributed by atoms with van der Waals surface area (Å²) in [5.41, 5.74) is 1.31. The van der Waals surface area contributed by atoms with E-state index in [4.69, 9.17) is 9.47 Å². The Bertz CT molecular complexity index is 544. The molecule has 1 N–H and O–H groups in total. The molecule has 1 aromatic carbocycles. The molecule has 0 saturated carbocycles. The van der Waals surface area contributed by atoms with E-state index in [1.807, 2.05) is 6.07 Å². The van der Waals surface area contributed by atoms with Gasteiger partial charge in [0.25, 0.3) is 0 Å². The molecular weight excluding hydrogens is 314 g/mol. The van der Waals surface area contributed by atoms with E-state index in [9.17, 15) is 0 Å². The Balaban J connectivity index is 1.58. The number of piperazine rings is 1. The summed E-state index contributed by atoms with van der Waals surface area (Å²) in [5, 5.41) is 3.45. The molecule has 3 rings (SSSR count). The lowest BCUT2D eigenvalue weighted by Gasteiger charge is -2.32. The Labute approximate surface area is 152 Å². The van der Waals surface area contributed by atoms with E-state index in [-0.39, 0.29) is 0 Å². The highest BCUT2D eigenvalue weighted by Gasteiger charge is 2.28. The summed E-state index contributed by atoms with van der Waals surface area (Å²) in [4.78, 5) is 5.22. The number of ether oxygens (including phenoxy) is 2. The molecule has 0 aromatic heterocycles. The van der Waals surface area contributed by atoms with Crippen LogP contribution < -0.4 is 14.8 Å². The lowest BCUT2D eigenvalue weighted by molar-refractivity contribution is 0.170. The van der Waals surface area contributed by atoms with Crippen molar-refractivity contribution < 1.29 is 9.47 Å². The maximum absolute atomic E-state index is 5.95. The molecule has 0 spiro atoms. The fourth-order valence-corrected chi connectivity index (χ4v) is 3.75. The molecule has 1 atom stereocenters. The second kappa shape index (κ2) is 8.88. The van der Waals surface area contributed by atoms with Crippen LogP contribution in [0.15, 0.2) is 18.2 Å². The fraction of sp³-hybridized carbons (Fsp3) is 0.700. The maximum Gasteiger partial charge on any atom is 0.161 e. The normalized spacial score (nSPS) is 22.5. The Morgan fingerprint density at radius 3 is 2.68 bits per heavy atom. The van der Waals surface area contributed by atoms with Gasteiger partial charge >= 0.3 is 0 Å². The van der Waals surface area contributed by atoms with E-state index in [0.29, 0.717) is 12.5 Å². The first-order valence-corrected chi connectivity index (χ1v) is 9.62.